The van der Waals surface area contributed by atoms with Gasteiger partial charge in [-0.25, -0.2) is 4.98 Å². The van der Waals surface area contributed by atoms with Crippen molar-refractivity contribution in [2.45, 2.75) is 56.9 Å². The zero-order chi connectivity index (χ0) is 26.2. The van der Waals surface area contributed by atoms with Gasteiger partial charge in [0.05, 0.1) is 24.3 Å². The summed E-state index contributed by atoms with van der Waals surface area (Å²) in [5.41, 5.74) is 12.1. The van der Waals surface area contributed by atoms with Gasteiger partial charge in [-0.05, 0) is 57.6 Å². The lowest BCUT2D eigenvalue weighted by Gasteiger charge is -2.38. The van der Waals surface area contributed by atoms with Gasteiger partial charge in [-0.15, -0.1) is 0 Å². The Hall–Kier alpha value is -4.01. The van der Waals surface area contributed by atoms with E-state index in [1.54, 1.807) is 6.07 Å². The first-order valence-corrected chi connectivity index (χ1v) is 12.7. The fraction of sp³-hybridized carbons (Fsp3) is 0.560. The topological polar surface area (TPSA) is 186 Å². The van der Waals surface area contributed by atoms with Crippen LogP contribution < -0.4 is 26.4 Å². The van der Waals surface area contributed by atoms with Gasteiger partial charge in [-0.1, -0.05) is 0 Å². The Bertz CT molecular complexity index is 1250. The van der Waals surface area contributed by atoms with Crippen LogP contribution in [-0.4, -0.2) is 57.0 Å². The molecular formula is C25H31N9O3. The van der Waals surface area contributed by atoms with Gasteiger partial charge >= 0.3 is 6.01 Å². The van der Waals surface area contributed by atoms with Crippen LogP contribution in [0.15, 0.2) is 12.1 Å². The van der Waals surface area contributed by atoms with Gasteiger partial charge in [0.15, 0.2) is 5.69 Å². The van der Waals surface area contributed by atoms with Gasteiger partial charge in [0, 0.05) is 36.2 Å². The molecule has 5 rings (SSSR count). The number of pyridine rings is 1. The minimum absolute atomic E-state index is 0.00121. The normalized spacial score (nSPS) is 22.4. The fourth-order valence-electron chi connectivity index (χ4n) is 4.87. The molecule has 3 heterocycles. The number of piperidine rings is 1. The number of primary amides is 1. The summed E-state index contributed by atoms with van der Waals surface area (Å²) in [6.07, 6.45) is 5.19. The molecule has 3 fully saturated rings. The number of nitrogens with two attached hydrogens (primary N) is 2. The Morgan fingerprint density at radius 3 is 2.59 bits per heavy atom. The molecule has 3 aliphatic rings. The molecule has 5 N–H and O–H groups in total. The number of nitrogens with zero attached hydrogens (tertiary/aromatic N) is 6. The highest BCUT2D eigenvalue weighted by molar-refractivity contribution is 5.95. The van der Waals surface area contributed by atoms with E-state index in [0.717, 1.165) is 44.2 Å². The molecule has 1 aliphatic heterocycles. The summed E-state index contributed by atoms with van der Waals surface area (Å²) in [7, 11) is 0. The van der Waals surface area contributed by atoms with Crippen molar-refractivity contribution in [1.82, 2.24) is 25.3 Å². The predicted octanol–water partition coefficient (Wildman–Crippen LogP) is 1.54. The van der Waals surface area contributed by atoms with Crippen molar-refractivity contribution in [2.75, 3.05) is 30.3 Å². The van der Waals surface area contributed by atoms with E-state index in [4.69, 9.17) is 21.5 Å². The second-order valence-electron chi connectivity index (χ2n) is 10.5. The van der Waals surface area contributed by atoms with Gasteiger partial charge < -0.3 is 26.4 Å². The molecule has 0 radical (unpaired) electrons. The molecule has 2 aromatic rings. The molecule has 1 saturated heterocycles. The summed E-state index contributed by atoms with van der Waals surface area (Å²) in [6, 6.07) is 5.82. The Kier molecular flexibility index (Phi) is 6.54. The molecule has 12 heteroatoms. The molecule has 2 saturated carbocycles. The summed E-state index contributed by atoms with van der Waals surface area (Å²) >= 11 is 0. The number of hydrogen-bond donors (Lipinski definition) is 3. The smallest absolute Gasteiger partial charge is 0.321 e. The van der Waals surface area contributed by atoms with Gasteiger partial charge in [0.2, 0.25) is 11.8 Å². The van der Waals surface area contributed by atoms with Crippen molar-refractivity contribution in [3.05, 3.63) is 29.3 Å². The Morgan fingerprint density at radius 2 is 1.97 bits per heavy atom. The van der Waals surface area contributed by atoms with Crippen molar-refractivity contribution in [3.63, 3.8) is 0 Å². The van der Waals surface area contributed by atoms with E-state index in [1.807, 2.05) is 17.9 Å². The van der Waals surface area contributed by atoms with E-state index in [0.29, 0.717) is 25.6 Å². The number of carbonyl (C=O) groups excluding carboxylic acids is 2. The van der Waals surface area contributed by atoms with Crippen LogP contribution >= 0.6 is 0 Å². The van der Waals surface area contributed by atoms with Crippen molar-refractivity contribution in [3.8, 4) is 12.1 Å². The second kappa shape index (κ2) is 9.80. The molecule has 2 aromatic heterocycles. The second-order valence-corrected chi connectivity index (χ2v) is 10.5. The Balaban J connectivity index is 1.31. The fourth-order valence-corrected chi connectivity index (χ4v) is 4.87. The Morgan fingerprint density at radius 1 is 1.22 bits per heavy atom. The maximum Gasteiger partial charge on any atom is 0.321 e. The van der Waals surface area contributed by atoms with Crippen molar-refractivity contribution < 1.29 is 14.3 Å². The summed E-state index contributed by atoms with van der Waals surface area (Å²) in [6.45, 7) is 3.57. The highest BCUT2D eigenvalue weighted by Crippen LogP contribution is 2.38. The van der Waals surface area contributed by atoms with Crippen LogP contribution in [0.2, 0.25) is 0 Å². The van der Waals surface area contributed by atoms with Crippen LogP contribution in [0.3, 0.4) is 0 Å². The van der Waals surface area contributed by atoms with E-state index in [2.05, 4.69) is 31.3 Å². The van der Waals surface area contributed by atoms with Crippen LogP contribution in [-0.2, 0) is 0 Å². The van der Waals surface area contributed by atoms with Crippen molar-refractivity contribution >= 4 is 23.5 Å². The number of nitrogens with one attached hydrogen (secondary N) is 1. The minimum atomic E-state index is -0.650. The number of ether oxygens (including phenoxy) is 1. The molecule has 12 nitrogen and oxygen atoms in total. The quantitative estimate of drug-likeness (QED) is 0.475. The lowest BCUT2D eigenvalue weighted by molar-refractivity contribution is 0.0837. The lowest BCUT2D eigenvalue weighted by Crippen LogP contribution is -2.51. The molecule has 2 amide bonds. The molecule has 194 valence electrons. The van der Waals surface area contributed by atoms with E-state index in [-0.39, 0.29) is 52.4 Å². The van der Waals surface area contributed by atoms with Gasteiger partial charge in [0.1, 0.15) is 0 Å². The molecule has 37 heavy (non-hydrogen) atoms. The number of anilines is 2. The number of carbonyl (C=O) groups is 2. The third kappa shape index (κ3) is 5.40. The Labute approximate surface area is 214 Å². The number of aromatic nitrogens is 4. The largest absolute Gasteiger partial charge is 0.463 e. The summed E-state index contributed by atoms with van der Waals surface area (Å²) < 4.78 is 5.81. The van der Waals surface area contributed by atoms with E-state index in [9.17, 15) is 9.59 Å². The van der Waals surface area contributed by atoms with Crippen molar-refractivity contribution in [2.24, 2.45) is 17.6 Å². The van der Waals surface area contributed by atoms with Crippen LogP contribution in [0.25, 0.3) is 0 Å². The third-order valence-electron chi connectivity index (χ3n) is 7.57. The lowest BCUT2D eigenvalue weighted by atomic mass is 9.78. The summed E-state index contributed by atoms with van der Waals surface area (Å²) in [4.78, 5) is 44.3. The standard InChI is InChI=1S/C25H31N9O3/c1-25(7-2-8-25)33-22(36)21-30-23(32-24(31-21)37-13-16-11-15(16)12-26)34-9-5-14(6-10-34)18-4-3-17(27)19(29-18)20(28)35/h3-4,14-16H,2,5-11,13,27H2,1H3,(H2,28,35)(H,33,36)/t15-,16+/m0/s1. The predicted molar refractivity (Wildman–Crippen MR) is 134 cm³/mol. The minimum Gasteiger partial charge on any atom is -0.463 e. The van der Waals surface area contributed by atoms with Gasteiger partial charge in [-0.2, -0.15) is 20.2 Å². The molecule has 0 unspecified atom stereocenters. The monoisotopic (exact) mass is 505 g/mol. The first-order chi connectivity index (χ1) is 17.7. The molecule has 2 aliphatic carbocycles. The van der Waals surface area contributed by atoms with E-state index in [1.165, 1.54) is 0 Å². The first-order valence-electron chi connectivity index (χ1n) is 12.7. The number of hydrogen-bond acceptors (Lipinski definition) is 10. The van der Waals surface area contributed by atoms with Crippen LogP contribution in [0, 0.1) is 23.2 Å². The number of rotatable bonds is 8. The van der Waals surface area contributed by atoms with Crippen LogP contribution in [0.5, 0.6) is 6.01 Å². The average Bonchev–Trinajstić information content (AvgIpc) is 3.65. The van der Waals surface area contributed by atoms with E-state index >= 15 is 0 Å². The number of nitrogen functional groups attached to an aromatic ring is 1. The maximum atomic E-state index is 13.0. The highest BCUT2D eigenvalue weighted by Gasteiger charge is 2.38. The zero-order valence-electron chi connectivity index (χ0n) is 20.8. The summed E-state index contributed by atoms with van der Waals surface area (Å²) in [5.74, 6) is -0.326. The number of amides is 2. The van der Waals surface area contributed by atoms with Crippen LogP contribution in [0.1, 0.15) is 78.2 Å². The molecule has 0 bridgehead atoms. The van der Waals surface area contributed by atoms with Gasteiger partial charge in [-0.3, -0.25) is 9.59 Å². The molecule has 0 spiro atoms. The van der Waals surface area contributed by atoms with Gasteiger partial charge in [0.25, 0.3) is 11.8 Å². The average molecular weight is 506 g/mol. The van der Waals surface area contributed by atoms with Crippen LogP contribution in [0.4, 0.5) is 11.6 Å². The molecule has 2 atom stereocenters. The zero-order valence-corrected chi connectivity index (χ0v) is 20.8. The highest BCUT2D eigenvalue weighted by atomic mass is 16.5. The first kappa shape index (κ1) is 24.7. The number of nitriles is 1. The molecule has 0 aromatic carbocycles. The summed E-state index contributed by atoms with van der Waals surface area (Å²) in [5, 5.41) is 12.1. The van der Waals surface area contributed by atoms with Crippen molar-refractivity contribution in [1.29, 1.82) is 5.26 Å². The third-order valence-corrected chi connectivity index (χ3v) is 7.57. The SMILES string of the molecule is CC1(NC(=O)c2nc(OC[C@H]3C[C@H]3C#N)nc(N3CCC(c4ccc(N)c(C(N)=O)n4)CC3)n2)CCC1. The maximum absolute atomic E-state index is 13.0. The van der Waals surface area contributed by atoms with E-state index < -0.39 is 5.91 Å². The molecular weight excluding hydrogens is 474 g/mol.